The lowest BCUT2D eigenvalue weighted by Gasteiger charge is -2.10. The maximum Gasteiger partial charge on any atom is 0.406 e. The molecule has 0 saturated heterocycles. The molecule has 0 aliphatic rings. The lowest BCUT2D eigenvalue weighted by molar-refractivity contribution is -0.140. The third-order valence-corrected chi connectivity index (χ3v) is 2.55. The monoisotopic (exact) mass is 279 g/mol. The first kappa shape index (κ1) is 12.9. The summed E-state index contributed by atoms with van der Waals surface area (Å²) in [5, 5.41) is 0. The van der Waals surface area contributed by atoms with E-state index in [1.807, 2.05) is 0 Å². The third kappa shape index (κ3) is 2.50. The summed E-state index contributed by atoms with van der Waals surface area (Å²) in [4.78, 5) is 7.97. The Balaban J connectivity index is 2.59. The lowest BCUT2D eigenvalue weighted by Crippen LogP contribution is -2.19. The van der Waals surface area contributed by atoms with E-state index in [2.05, 4.69) is 9.97 Å². The Bertz CT molecular complexity index is 567. The van der Waals surface area contributed by atoms with E-state index >= 15 is 0 Å². The number of methoxy groups -OCH3 is 1. The van der Waals surface area contributed by atoms with Crippen molar-refractivity contribution in [2.24, 2.45) is 0 Å². The van der Waals surface area contributed by atoms with Crippen LogP contribution in [0.3, 0.4) is 0 Å². The van der Waals surface area contributed by atoms with Crippen molar-refractivity contribution >= 4 is 22.8 Å². The second-order valence-corrected chi connectivity index (χ2v) is 3.83. The van der Waals surface area contributed by atoms with Gasteiger partial charge in [0.15, 0.2) is 5.65 Å². The van der Waals surface area contributed by atoms with Crippen LogP contribution in [-0.2, 0) is 12.4 Å². The van der Waals surface area contributed by atoms with Crippen molar-refractivity contribution in [3.8, 4) is 5.88 Å². The molecule has 2 aromatic heterocycles. The molecule has 98 valence electrons. The molecule has 0 aliphatic carbocycles. The van der Waals surface area contributed by atoms with Crippen molar-refractivity contribution < 1.29 is 17.9 Å². The van der Waals surface area contributed by atoms with E-state index in [1.165, 1.54) is 13.2 Å². The van der Waals surface area contributed by atoms with Gasteiger partial charge < -0.3 is 9.30 Å². The van der Waals surface area contributed by atoms with Gasteiger partial charge in [-0.25, -0.2) is 4.98 Å². The van der Waals surface area contributed by atoms with Crippen molar-refractivity contribution in [3.63, 3.8) is 0 Å². The van der Waals surface area contributed by atoms with Gasteiger partial charge in [0.1, 0.15) is 17.9 Å². The Morgan fingerprint density at radius 3 is 2.61 bits per heavy atom. The molecule has 4 nitrogen and oxygen atoms in total. The molecule has 0 saturated carbocycles. The topological polar surface area (TPSA) is 39.9 Å². The predicted octanol–water partition coefficient (Wildman–Crippen LogP) is 2.74. The van der Waals surface area contributed by atoms with Gasteiger partial charge in [0.05, 0.1) is 13.0 Å². The van der Waals surface area contributed by atoms with Crippen molar-refractivity contribution in [1.29, 1.82) is 0 Å². The number of pyridine rings is 1. The van der Waals surface area contributed by atoms with Crippen LogP contribution in [0.25, 0.3) is 11.2 Å². The van der Waals surface area contributed by atoms with Crippen LogP contribution in [-0.4, -0.2) is 27.8 Å². The molecule has 0 unspecified atom stereocenters. The predicted molar refractivity (Wildman–Crippen MR) is 59.7 cm³/mol. The highest BCUT2D eigenvalue weighted by Gasteiger charge is 2.30. The van der Waals surface area contributed by atoms with Gasteiger partial charge in [-0.1, -0.05) is 0 Å². The molecular weight excluding hydrogens is 271 g/mol. The summed E-state index contributed by atoms with van der Waals surface area (Å²) in [6, 6.07) is 3.08. The maximum absolute atomic E-state index is 12.5. The Morgan fingerprint density at radius 2 is 2.06 bits per heavy atom. The van der Waals surface area contributed by atoms with Gasteiger partial charge in [0.2, 0.25) is 5.88 Å². The van der Waals surface area contributed by atoms with E-state index in [1.54, 1.807) is 6.07 Å². The molecule has 0 fully saturated rings. The molecule has 2 heterocycles. The van der Waals surface area contributed by atoms with Crippen LogP contribution in [0.15, 0.2) is 12.1 Å². The maximum atomic E-state index is 12.5. The standard InChI is InChI=1S/C10H9ClF3N3O/c1-18-8-3-2-6-9(16-8)17(5-10(12,13)14)7(4-11)15-6/h2-3H,4-5H2,1H3. The van der Waals surface area contributed by atoms with Crippen LogP contribution < -0.4 is 4.74 Å². The summed E-state index contributed by atoms with van der Waals surface area (Å²) >= 11 is 5.60. The molecule has 0 aliphatic heterocycles. The van der Waals surface area contributed by atoms with Crippen molar-refractivity contribution in [2.75, 3.05) is 7.11 Å². The Kier molecular flexibility index (Phi) is 3.34. The minimum atomic E-state index is -4.36. The molecule has 18 heavy (non-hydrogen) atoms. The van der Waals surface area contributed by atoms with Gasteiger partial charge in [0, 0.05) is 6.07 Å². The Labute approximate surface area is 105 Å². The number of hydrogen-bond acceptors (Lipinski definition) is 3. The summed E-state index contributed by atoms with van der Waals surface area (Å²) < 4.78 is 43.3. The number of rotatable bonds is 3. The molecule has 2 rings (SSSR count). The lowest BCUT2D eigenvalue weighted by atomic mass is 10.4. The highest BCUT2D eigenvalue weighted by Crippen LogP contribution is 2.24. The van der Waals surface area contributed by atoms with Crippen molar-refractivity contribution in [3.05, 3.63) is 18.0 Å². The van der Waals surface area contributed by atoms with Gasteiger partial charge in [-0.2, -0.15) is 18.2 Å². The number of imidazole rings is 1. The van der Waals surface area contributed by atoms with Gasteiger partial charge in [-0.05, 0) is 6.07 Å². The van der Waals surface area contributed by atoms with Crippen LogP contribution in [0.5, 0.6) is 5.88 Å². The number of hydrogen-bond donors (Lipinski definition) is 0. The van der Waals surface area contributed by atoms with Crippen LogP contribution in [0.1, 0.15) is 5.82 Å². The second kappa shape index (κ2) is 4.64. The first-order valence-electron chi connectivity index (χ1n) is 4.97. The van der Waals surface area contributed by atoms with Gasteiger partial charge in [-0.3, -0.25) is 0 Å². The summed E-state index contributed by atoms with van der Waals surface area (Å²) in [6.07, 6.45) is -4.36. The zero-order chi connectivity index (χ0) is 13.3. The summed E-state index contributed by atoms with van der Waals surface area (Å²) in [5.41, 5.74) is 0.470. The number of ether oxygens (including phenoxy) is 1. The Hall–Kier alpha value is -1.50. The zero-order valence-electron chi connectivity index (χ0n) is 9.33. The third-order valence-electron chi connectivity index (χ3n) is 2.31. The molecule has 0 atom stereocenters. The number of fused-ring (bicyclic) bond motifs is 1. The van der Waals surface area contributed by atoms with E-state index in [4.69, 9.17) is 16.3 Å². The van der Waals surface area contributed by atoms with Crippen LogP contribution >= 0.6 is 11.6 Å². The SMILES string of the molecule is COc1ccc2nc(CCl)n(CC(F)(F)F)c2n1. The first-order chi connectivity index (χ1) is 8.44. The molecular formula is C10H9ClF3N3O. The summed E-state index contributed by atoms with van der Waals surface area (Å²) in [6.45, 7) is -1.17. The quantitative estimate of drug-likeness (QED) is 0.811. The number of nitrogens with zero attached hydrogens (tertiary/aromatic N) is 3. The second-order valence-electron chi connectivity index (χ2n) is 3.56. The molecule has 2 aromatic rings. The fourth-order valence-corrected chi connectivity index (χ4v) is 1.80. The normalized spacial score (nSPS) is 12.1. The van der Waals surface area contributed by atoms with Crippen molar-refractivity contribution in [2.45, 2.75) is 18.6 Å². The van der Waals surface area contributed by atoms with E-state index in [9.17, 15) is 13.2 Å². The first-order valence-corrected chi connectivity index (χ1v) is 5.51. The number of alkyl halides is 4. The molecule has 0 N–H and O–H groups in total. The Morgan fingerprint density at radius 1 is 1.33 bits per heavy atom. The van der Waals surface area contributed by atoms with E-state index in [0.717, 1.165) is 4.57 Å². The summed E-state index contributed by atoms with van der Waals surface area (Å²) in [5.74, 6) is 0.242. The van der Waals surface area contributed by atoms with E-state index in [0.29, 0.717) is 5.52 Å². The zero-order valence-corrected chi connectivity index (χ0v) is 10.1. The fourth-order valence-electron chi connectivity index (χ4n) is 1.59. The average molecular weight is 280 g/mol. The number of halogens is 4. The molecule has 0 spiro atoms. The van der Waals surface area contributed by atoms with Gasteiger partial charge >= 0.3 is 6.18 Å². The van der Waals surface area contributed by atoms with Crippen LogP contribution in [0, 0.1) is 0 Å². The molecule has 0 bridgehead atoms. The minimum absolute atomic E-state index is 0.113. The van der Waals surface area contributed by atoms with Crippen molar-refractivity contribution in [1.82, 2.24) is 14.5 Å². The molecule has 0 aromatic carbocycles. The van der Waals surface area contributed by atoms with E-state index < -0.39 is 12.7 Å². The van der Waals surface area contributed by atoms with Gasteiger partial charge in [-0.15, -0.1) is 11.6 Å². The van der Waals surface area contributed by atoms with E-state index in [-0.39, 0.29) is 23.2 Å². The summed E-state index contributed by atoms with van der Waals surface area (Å²) in [7, 11) is 1.39. The van der Waals surface area contributed by atoms with Gasteiger partial charge in [0.25, 0.3) is 0 Å². The highest BCUT2D eigenvalue weighted by molar-refractivity contribution is 6.16. The van der Waals surface area contributed by atoms with Crippen LogP contribution in [0.4, 0.5) is 13.2 Å². The van der Waals surface area contributed by atoms with Crippen LogP contribution in [0.2, 0.25) is 0 Å². The minimum Gasteiger partial charge on any atom is -0.481 e. The molecule has 0 radical (unpaired) electrons. The highest BCUT2D eigenvalue weighted by atomic mass is 35.5. The fraction of sp³-hybridized carbons (Fsp3) is 0.400. The number of aromatic nitrogens is 3. The average Bonchev–Trinajstić information content (AvgIpc) is 2.64. The molecule has 0 amide bonds. The largest absolute Gasteiger partial charge is 0.481 e. The molecule has 8 heteroatoms. The smallest absolute Gasteiger partial charge is 0.406 e.